The lowest BCUT2D eigenvalue weighted by atomic mass is 10.1. The summed E-state index contributed by atoms with van der Waals surface area (Å²) in [5.74, 6) is 0. The zero-order valence-electron chi connectivity index (χ0n) is 9.75. The normalized spacial score (nSPS) is 14.2. The van der Waals surface area contributed by atoms with Gasteiger partial charge in [0.15, 0.2) is 0 Å². The fraction of sp³-hybridized carbons (Fsp3) is 0.385. The van der Waals surface area contributed by atoms with Crippen LogP contribution in [0.25, 0.3) is 10.9 Å². The molecule has 0 amide bonds. The molecule has 0 N–H and O–H groups in total. The van der Waals surface area contributed by atoms with Gasteiger partial charge in [0.25, 0.3) is 0 Å². The van der Waals surface area contributed by atoms with Crippen molar-refractivity contribution in [2.24, 2.45) is 0 Å². The number of nitrogens with zero attached hydrogens (tertiary/aromatic N) is 1. The number of halogens is 3. The zero-order valence-corrected chi connectivity index (χ0v) is 9.75. The van der Waals surface area contributed by atoms with Crippen LogP contribution < -0.4 is 0 Å². The predicted octanol–water partition coefficient (Wildman–Crippen LogP) is 4.63. The van der Waals surface area contributed by atoms with Gasteiger partial charge in [-0.15, -0.1) is 0 Å². The molecule has 1 nitrogen and oxygen atoms in total. The number of hydrogen-bond acceptors (Lipinski definition) is 0. The first-order valence-electron chi connectivity index (χ1n) is 5.62. The number of fused-ring (bicyclic) bond motifs is 1. The Morgan fingerprint density at radius 1 is 1.24 bits per heavy atom. The van der Waals surface area contributed by atoms with Crippen LogP contribution in [0.2, 0.25) is 0 Å². The molecule has 0 aliphatic carbocycles. The smallest absolute Gasteiger partial charge is 0.344 e. The van der Waals surface area contributed by atoms with E-state index in [1.807, 2.05) is 13.8 Å². The minimum atomic E-state index is -4.30. The van der Waals surface area contributed by atoms with Gasteiger partial charge in [0.1, 0.15) is 0 Å². The van der Waals surface area contributed by atoms with Crippen molar-refractivity contribution < 1.29 is 13.2 Å². The molecule has 1 aromatic carbocycles. The summed E-state index contributed by atoms with van der Waals surface area (Å²) in [6.07, 6.45) is -1.77. The minimum Gasteiger partial charge on any atom is -0.344 e. The molecule has 0 saturated carbocycles. The van der Waals surface area contributed by atoms with E-state index in [9.17, 15) is 13.2 Å². The first kappa shape index (κ1) is 12.0. The molecule has 0 radical (unpaired) electrons. The van der Waals surface area contributed by atoms with Gasteiger partial charge in [-0.1, -0.05) is 19.1 Å². The molecule has 0 aliphatic rings. The molecule has 0 saturated heterocycles. The number of hydrogen-bond donors (Lipinski definition) is 0. The molecule has 1 unspecified atom stereocenters. The van der Waals surface area contributed by atoms with Gasteiger partial charge < -0.3 is 4.57 Å². The number of para-hydroxylation sites is 1. The van der Waals surface area contributed by atoms with E-state index < -0.39 is 11.7 Å². The molecule has 1 heterocycles. The van der Waals surface area contributed by atoms with E-state index in [0.717, 1.165) is 12.5 Å². The Morgan fingerprint density at radius 3 is 2.53 bits per heavy atom. The molecule has 4 heteroatoms. The third-order valence-corrected chi connectivity index (χ3v) is 3.11. The van der Waals surface area contributed by atoms with Gasteiger partial charge in [0.05, 0.1) is 11.1 Å². The molecule has 0 aliphatic heterocycles. The van der Waals surface area contributed by atoms with Crippen LogP contribution in [0.3, 0.4) is 0 Å². The van der Waals surface area contributed by atoms with E-state index in [1.54, 1.807) is 22.9 Å². The molecule has 0 fully saturated rings. The molecular formula is C13H14F3N. The Labute approximate surface area is 97.9 Å². The standard InChI is InChI=1S/C13H14F3N/c1-3-9(2)17-8-7-10-5-4-6-11(12(10)17)13(14,15)16/h4-9H,3H2,1-2H3. The predicted molar refractivity (Wildman–Crippen MR) is 61.9 cm³/mol. The van der Waals surface area contributed by atoms with Gasteiger partial charge in [0, 0.05) is 17.6 Å². The van der Waals surface area contributed by atoms with Crippen molar-refractivity contribution in [3.05, 3.63) is 36.0 Å². The van der Waals surface area contributed by atoms with E-state index in [4.69, 9.17) is 0 Å². The van der Waals surface area contributed by atoms with Gasteiger partial charge in [-0.05, 0) is 25.5 Å². The molecule has 2 aromatic rings. The lowest BCUT2D eigenvalue weighted by Crippen LogP contribution is -2.10. The first-order chi connectivity index (χ1) is 7.95. The van der Waals surface area contributed by atoms with E-state index in [0.29, 0.717) is 5.39 Å². The molecule has 2 rings (SSSR count). The summed E-state index contributed by atoms with van der Waals surface area (Å²) in [4.78, 5) is 0. The monoisotopic (exact) mass is 241 g/mol. The van der Waals surface area contributed by atoms with Gasteiger partial charge in [-0.25, -0.2) is 0 Å². The van der Waals surface area contributed by atoms with E-state index >= 15 is 0 Å². The molecular weight excluding hydrogens is 227 g/mol. The maximum Gasteiger partial charge on any atom is 0.418 e. The molecule has 0 bridgehead atoms. The highest BCUT2D eigenvalue weighted by molar-refractivity contribution is 5.84. The third kappa shape index (κ3) is 2.04. The third-order valence-electron chi connectivity index (χ3n) is 3.11. The van der Waals surface area contributed by atoms with Crippen LogP contribution in [0.4, 0.5) is 13.2 Å². The lowest BCUT2D eigenvalue weighted by molar-refractivity contribution is -0.136. The fourth-order valence-corrected chi connectivity index (χ4v) is 2.01. The van der Waals surface area contributed by atoms with Gasteiger partial charge in [-0.2, -0.15) is 13.2 Å². The van der Waals surface area contributed by atoms with Crippen molar-refractivity contribution in [1.82, 2.24) is 4.57 Å². The summed E-state index contributed by atoms with van der Waals surface area (Å²) >= 11 is 0. The average molecular weight is 241 g/mol. The fourth-order valence-electron chi connectivity index (χ4n) is 2.01. The van der Waals surface area contributed by atoms with Crippen molar-refractivity contribution in [3.8, 4) is 0 Å². The Kier molecular flexibility index (Phi) is 2.89. The van der Waals surface area contributed by atoms with Crippen molar-refractivity contribution in [3.63, 3.8) is 0 Å². The minimum absolute atomic E-state index is 0.0657. The van der Waals surface area contributed by atoms with Gasteiger partial charge in [0.2, 0.25) is 0 Å². The van der Waals surface area contributed by atoms with E-state index in [2.05, 4.69) is 0 Å². The lowest BCUT2D eigenvalue weighted by Gasteiger charge is -2.16. The van der Waals surface area contributed by atoms with Crippen LogP contribution in [-0.4, -0.2) is 4.57 Å². The van der Waals surface area contributed by atoms with Crippen LogP contribution in [-0.2, 0) is 6.18 Å². The van der Waals surface area contributed by atoms with Crippen LogP contribution in [0, 0.1) is 0 Å². The topological polar surface area (TPSA) is 4.93 Å². The Balaban J connectivity index is 2.72. The molecule has 17 heavy (non-hydrogen) atoms. The summed E-state index contributed by atoms with van der Waals surface area (Å²) in [7, 11) is 0. The highest BCUT2D eigenvalue weighted by Gasteiger charge is 2.33. The zero-order chi connectivity index (χ0) is 12.6. The van der Waals surface area contributed by atoms with Crippen LogP contribution >= 0.6 is 0 Å². The number of rotatable bonds is 2. The Bertz CT molecular complexity index is 525. The SMILES string of the molecule is CCC(C)n1ccc2cccc(C(F)(F)F)c21. The molecule has 92 valence electrons. The second kappa shape index (κ2) is 4.09. The maximum absolute atomic E-state index is 12.9. The highest BCUT2D eigenvalue weighted by Crippen LogP contribution is 2.36. The van der Waals surface area contributed by atoms with Crippen molar-refractivity contribution in [2.45, 2.75) is 32.5 Å². The van der Waals surface area contributed by atoms with Crippen molar-refractivity contribution >= 4 is 10.9 Å². The number of aromatic nitrogens is 1. The summed E-state index contributed by atoms with van der Waals surface area (Å²) in [6, 6.07) is 6.10. The molecule has 1 aromatic heterocycles. The van der Waals surface area contributed by atoms with Gasteiger partial charge >= 0.3 is 6.18 Å². The second-order valence-electron chi connectivity index (χ2n) is 4.22. The summed E-state index contributed by atoms with van der Waals surface area (Å²) in [5.41, 5.74) is -0.269. The van der Waals surface area contributed by atoms with Gasteiger partial charge in [-0.3, -0.25) is 0 Å². The Morgan fingerprint density at radius 2 is 1.94 bits per heavy atom. The largest absolute Gasteiger partial charge is 0.418 e. The van der Waals surface area contributed by atoms with E-state index in [1.165, 1.54) is 6.07 Å². The second-order valence-corrected chi connectivity index (χ2v) is 4.22. The van der Waals surface area contributed by atoms with Crippen LogP contribution in [0.1, 0.15) is 31.9 Å². The quantitative estimate of drug-likeness (QED) is 0.722. The number of alkyl halides is 3. The van der Waals surface area contributed by atoms with Crippen molar-refractivity contribution in [1.29, 1.82) is 0 Å². The maximum atomic E-state index is 12.9. The highest BCUT2D eigenvalue weighted by atomic mass is 19.4. The molecule has 0 spiro atoms. The van der Waals surface area contributed by atoms with Crippen LogP contribution in [0.15, 0.2) is 30.5 Å². The number of benzene rings is 1. The molecule has 1 atom stereocenters. The summed E-state index contributed by atoms with van der Waals surface area (Å²) < 4.78 is 40.5. The Hall–Kier alpha value is -1.45. The summed E-state index contributed by atoms with van der Waals surface area (Å²) in [5, 5.41) is 0.639. The average Bonchev–Trinajstić information content (AvgIpc) is 2.70. The summed E-state index contributed by atoms with van der Waals surface area (Å²) in [6.45, 7) is 3.89. The first-order valence-corrected chi connectivity index (χ1v) is 5.62. The van der Waals surface area contributed by atoms with E-state index in [-0.39, 0.29) is 11.6 Å². The van der Waals surface area contributed by atoms with Crippen molar-refractivity contribution in [2.75, 3.05) is 0 Å². The van der Waals surface area contributed by atoms with Crippen LogP contribution in [0.5, 0.6) is 0 Å².